The highest BCUT2D eigenvalue weighted by Gasteiger charge is 2.67. The quantitative estimate of drug-likeness (QED) is 0.449. The summed E-state index contributed by atoms with van der Waals surface area (Å²) in [6, 6.07) is 0. The maximum atomic E-state index is 10.5. The largest absolute Gasteiger partial charge is 0.394 e. The summed E-state index contributed by atoms with van der Waals surface area (Å²) in [6.45, 7) is 5.73. The summed E-state index contributed by atoms with van der Waals surface area (Å²) >= 11 is 0. The highest BCUT2D eigenvalue weighted by Crippen LogP contribution is 2.66. The van der Waals surface area contributed by atoms with E-state index in [1.54, 1.807) is 0 Å². The fraction of sp³-hybridized carbons (Fsp3) is 1.00. The Morgan fingerprint density at radius 2 is 1.65 bits per heavy atom. The molecule has 0 amide bonds. The molecule has 0 aromatic carbocycles. The Balaban J connectivity index is 1.77. The van der Waals surface area contributed by atoms with Crippen LogP contribution in [0.1, 0.15) is 33.6 Å². The third-order valence-electron chi connectivity index (χ3n) is 6.92. The van der Waals surface area contributed by atoms with Crippen molar-refractivity contribution in [1.82, 2.24) is 0 Å². The summed E-state index contributed by atoms with van der Waals surface area (Å²) in [5.41, 5.74) is -0.582. The molecule has 0 aromatic heterocycles. The van der Waals surface area contributed by atoms with E-state index in [2.05, 4.69) is 13.8 Å². The molecule has 23 heavy (non-hydrogen) atoms. The highest BCUT2D eigenvalue weighted by atomic mass is 16.7. The molecule has 0 radical (unpaired) electrons. The Hall–Kier alpha value is -0.280. The van der Waals surface area contributed by atoms with E-state index in [0.717, 1.165) is 12.8 Å². The van der Waals surface area contributed by atoms with Crippen molar-refractivity contribution in [2.75, 3.05) is 6.61 Å². The second kappa shape index (κ2) is 5.62. The lowest BCUT2D eigenvalue weighted by Gasteiger charge is -2.45. The average Bonchev–Trinajstić information content (AvgIpc) is 2.79. The first-order valence-electron chi connectivity index (χ1n) is 8.28. The summed E-state index contributed by atoms with van der Waals surface area (Å²) in [7, 11) is 0. The number of aliphatic hydroxyl groups excluding tert-OH is 5. The zero-order valence-electron chi connectivity index (χ0n) is 13.8. The van der Waals surface area contributed by atoms with Crippen LogP contribution in [0.25, 0.3) is 0 Å². The molecule has 0 spiro atoms. The molecular formula is C16H28O7. The van der Waals surface area contributed by atoms with Crippen LogP contribution in [-0.4, -0.2) is 75.1 Å². The normalized spacial score (nSPS) is 55.3. The molecule has 7 heteroatoms. The van der Waals surface area contributed by atoms with Gasteiger partial charge >= 0.3 is 0 Å². The van der Waals surface area contributed by atoms with Gasteiger partial charge in [-0.1, -0.05) is 20.8 Å². The molecule has 3 fully saturated rings. The maximum Gasteiger partial charge on any atom is 0.186 e. The Morgan fingerprint density at radius 1 is 1.00 bits per heavy atom. The van der Waals surface area contributed by atoms with Crippen molar-refractivity contribution in [3.8, 4) is 0 Å². The minimum atomic E-state index is -1.45. The van der Waals surface area contributed by atoms with Crippen molar-refractivity contribution < 1.29 is 35.0 Å². The second-order valence-electron chi connectivity index (χ2n) is 8.01. The zero-order valence-corrected chi connectivity index (χ0v) is 13.8. The van der Waals surface area contributed by atoms with Gasteiger partial charge < -0.3 is 35.0 Å². The molecule has 2 aliphatic carbocycles. The predicted octanol–water partition coefficient (Wildman–Crippen LogP) is -1.01. The lowest BCUT2D eigenvalue weighted by Crippen LogP contribution is -2.60. The SMILES string of the molecule is CC1(C)[C@H]2C[C@@H](O)[C@]1(C)[C@H](O[C@@H]1O[C@H](CO)[C@@H](O)[C@H](O)[C@H]1O)C2. The van der Waals surface area contributed by atoms with Gasteiger partial charge in [0.05, 0.1) is 18.8 Å². The second-order valence-corrected chi connectivity index (χ2v) is 8.01. The van der Waals surface area contributed by atoms with Crippen LogP contribution in [0.3, 0.4) is 0 Å². The van der Waals surface area contributed by atoms with Crippen LogP contribution in [0.2, 0.25) is 0 Å². The smallest absolute Gasteiger partial charge is 0.186 e. The Morgan fingerprint density at radius 3 is 2.17 bits per heavy atom. The number of ether oxygens (including phenoxy) is 2. The summed E-state index contributed by atoms with van der Waals surface area (Å²) in [5.74, 6) is 0.317. The van der Waals surface area contributed by atoms with E-state index in [9.17, 15) is 25.5 Å². The molecule has 2 saturated carbocycles. The van der Waals surface area contributed by atoms with Crippen molar-refractivity contribution in [3.05, 3.63) is 0 Å². The van der Waals surface area contributed by atoms with Crippen LogP contribution in [0, 0.1) is 16.7 Å². The molecule has 1 saturated heterocycles. The zero-order chi connectivity index (χ0) is 17.2. The molecule has 9 atom stereocenters. The highest BCUT2D eigenvalue weighted by molar-refractivity contribution is 5.15. The maximum absolute atomic E-state index is 10.5. The van der Waals surface area contributed by atoms with E-state index in [-0.39, 0.29) is 11.5 Å². The van der Waals surface area contributed by atoms with E-state index in [4.69, 9.17) is 9.47 Å². The minimum absolute atomic E-state index is 0.106. The fourth-order valence-electron chi connectivity index (χ4n) is 4.74. The molecule has 1 heterocycles. The van der Waals surface area contributed by atoms with Crippen LogP contribution in [0.4, 0.5) is 0 Å². The molecule has 3 rings (SSSR count). The van der Waals surface area contributed by atoms with Gasteiger partial charge in [0.25, 0.3) is 0 Å². The first-order chi connectivity index (χ1) is 10.6. The van der Waals surface area contributed by atoms with E-state index in [0.29, 0.717) is 5.92 Å². The van der Waals surface area contributed by atoms with Crippen molar-refractivity contribution >= 4 is 0 Å². The van der Waals surface area contributed by atoms with Crippen molar-refractivity contribution in [3.63, 3.8) is 0 Å². The topological polar surface area (TPSA) is 120 Å². The predicted molar refractivity (Wildman–Crippen MR) is 79.3 cm³/mol. The van der Waals surface area contributed by atoms with Gasteiger partial charge in [-0.15, -0.1) is 0 Å². The summed E-state index contributed by atoms with van der Waals surface area (Å²) in [6.07, 6.45) is -5.72. The van der Waals surface area contributed by atoms with Crippen molar-refractivity contribution in [1.29, 1.82) is 0 Å². The van der Waals surface area contributed by atoms with Gasteiger partial charge in [0, 0.05) is 5.41 Å². The monoisotopic (exact) mass is 332 g/mol. The van der Waals surface area contributed by atoms with Gasteiger partial charge in [0.2, 0.25) is 0 Å². The lowest BCUT2D eigenvalue weighted by molar-refractivity contribution is -0.322. The van der Waals surface area contributed by atoms with E-state index < -0.39 is 48.8 Å². The van der Waals surface area contributed by atoms with Crippen LogP contribution < -0.4 is 0 Å². The number of hydrogen-bond acceptors (Lipinski definition) is 7. The number of fused-ring (bicyclic) bond motifs is 2. The number of hydrogen-bond donors (Lipinski definition) is 5. The van der Waals surface area contributed by atoms with E-state index in [1.807, 2.05) is 6.92 Å². The molecule has 0 aromatic rings. The third-order valence-corrected chi connectivity index (χ3v) is 6.92. The third kappa shape index (κ3) is 2.29. The lowest BCUT2D eigenvalue weighted by atomic mass is 9.69. The van der Waals surface area contributed by atoms with Gasteiger partial charge in [0.1, 0.15) is 24.4 Å². The molecule has 7 nitrogen and oxygen atoms in total. The van der Waals surface area contributed by atoms with Gasteiger partial charge in [0.15, 0.2) is 6.29 Å². The standard InChI is InChI=1S/C16H28O7/c1-15(2)7-4-9(18)16(15,3)10(5-7)23-14-13(21)12(20)11(19)8(6-17)22-14/h7-14,17-21H,4-6H2,1-3H3/t7-,8+,9+,10+,11+,12-,13+,14-,16+/m0/s1. The summed E-state index contributed by atoms with van der Waals surface area (Å²) in [4.78, 5) is 0. The van der Waals surface area contributed by atoms with Crippen LogP contribution >= 0.6 is 0 Å². The molecule has 5 N–H and O–H groups in total. The molecule has 134 valence electrons. The molecule has 0 unspecified atom stereocenters. The van der Waals surface area contributed by atoms with Crippen molar-refractivity contribution in [2.24, 2.45) is 16.7 Å². The Labute approximate surface area is 135 Å². The Kier molecular flexibility index (Phi) is 4.29. The molecule has 1 aliphatic heterocycles. The van der Waals surface area contributed by atoms with Crippen LogP contribution in [0.15, 0.2) is 0 Å². The van der Waals surface area contributed by atoms with Gasteiger partial charge in [-0.2, -0.15) is 0 Å². The average molecular weight is 332 g/mol. The van der Waals surface area contributed by atoms with Crippen molar-refractivity contribution in [2.45, 2.75) is 76.5 Å². The van der Waals surface area contributed by atoms with E-state index >= 15 is 0 Å². The summed E-state index contributed by atoms with van der Waals surface area (Å²) in [5, 5.41) is 49.5. The van der Waals surface area contributed by atoms with Crippen LogP contribution in [-0.2, 0) is 9.47 Å². The molecule has 3 aliphatic rings. The molecular weight excluding hydrogens is 304 g/mol. The van der Waals surface area contributed by atoms with E-state index in [1.165, 1.54) is 0 Å². The van der Waals surface area contributed by atoms with Gasteiger partial charge in [-0.3, -0.25) is 0 Å². The minimum Gasteiger partial charge on any atom is -0.394 e. The van der Waals surface area contributed by atoms with Crippen LogP contribution in [0.5, 0.6) is 0 Å². The Bertz CT molecular complexity index is 454. The molecule has 2 bridgehead atoms. The number of aliphatic hydroxyl groups is 5. The van der Waals surface area contributed by atoms with Gasteiger partial charge in [-0.25, -0.2) is 0 Å². The summed E-state index contributed by atoms with van der Waals surface area (Å²) < 4.78 is 11.4. The fourth-order valence-corrected chi connectivity index (χ4v) is 4.74. The number of rotatable bonds is 3. The first kappa shape index (κ1) is 17.5. The first-order valence-corrected chi connectivity index (χ1v) is 8.28. The van der Waals surface area contributed by atoms with Gasteiger partial charge in [-0.05, 0) is 24.2 Å².